The van der Waals surface area contributed by atoms with E-state index < -0.39 is 192 Å². The zero-order valence-electron chi connectivity index (χ0n) is 45.6. The van der Waals surface area contributed by atoms with Crippen LogP contribution in [0.15, 0.2) is 23.2 Å². The standard InChI is InChI=1S/C53H77N9O16S/c1-7-27(2)44-49(74)57-22-42(69)58-36-26-79(76)50-34-16-30(47(72)56-23-43(70)60-44)18-39(66)45(28(3)40(67)25-63)61-48(73)37-20-31(64)24-62(37)53(46(71)29(17-38(36)65)19-41(54)68,77-32-12-13-33(34)35(21-32)59-50)14-10-8-9-11-15-55-51(75)78-52(4,5)6/h12-13,21,27-31,36-37,40,44-45,59,63-64,67H,7-11,14-20,22-26H2,1-6H3,(H2,54,68)(H,55,75)(H,56,72)(H,57,74)(H,58,69)(H,60,70)(H,61,73)/t27-,28-,29-,30?,31?,36?,37-,40-,44-,45-,53?,79?/m0/s1. The second-order valence-electron chi connectivity index (χ2n) is 22.2. The number of fused-ring (bicyclic) bond motifs is 7. The summed E-state index contributed by atoms with van der Waals surface area (Å²) in [4.78, 5) is 147. The first kappa shape index (κ1) is 61.9. The highest BCUT2D eigenvalue weighted by Crippen LogP contribution is 2.41. The average Bonchev–Trinajstić information content (AvgIpc) is 4.24. The van der Waals surface area contributed by atoms with E-state index in [1.165, 1.54) is 24.0 Å². The maximum Gasteiger partial charge on any atom is 0.407 e. The Balaban J connectivity index is 1.60. The summed E-state index contributed by atoms with van der Waals surface area (Å²) in [5, 5.41) is 48.7. The SMILES string of the molecule is CC[C@H](C)[C@@H]1NC(=O)CNC(=O)C2CC(=O)[C@H]([C@@H](C)[C@@H](O)CO)NC(=O)[C@@H]3CC(O)CN3C3(CCCCCCNC(=O)OC(C)(C)C)Oc4ccc5c(c([nH]c5c4)S(=O)CC(NC(=O)CNC1=O)C(=O)C[C@@H](CC(N)=O)C3=O)C2. The van der Waals surface area contributed by atoms with Crippen LogP contribution >= 0.6 is 0 Å². The Kier molecular flexibility index (Phi) is 20.9. The summed E-state index contributed by atoms with van der Waals surface area (Å²) < 4.78 is 27.3. The molecule has 1 fully saturated rings. The van der Waals surface area contributed by atoms with Crippen LogP contribution in [-0.2, 0) is 65.1 Å². The highest BCUT2D eigenvalue weighted by Gasteiger charge is 2.57. The number of hydrogen-bond acceptors (Lipinski definition) is 17. The molecule has 5 unspecified atom stereocenters. The number of Topliss-reactive ketones (excluding diaryl/α,β-unsaturated/α-hetero) is 3. The van der Waals surface area contributed by atoms with Crippen LogP contribution < -0.4 is 42.4 Å². The van der Waals surface area contributed by atoms with Crippen LogP contribution in [0, 0.1) is 23.7 Å². The number of unbranched alkanes of at least 4 members (excludes halogenated alkanes) is 3. The summed E-state index contributed by atoms with van der Waals surface area (Å²) in [6, 6.07) is -1.58. The summed E-state index contributed by atoms with van der Waals surface area (Å²) in [7, 11) is -2.31. The number of aliphatic hydroxyl groups excluding tert-OH is 3. The predicted molar refractivity (Wildman–Crippen MR) is 284 cm³/mol. The molecule has 79 heavy (non-hydrogen) atoms. The summed E-state index contributed by atoms with van der Waals surface area (Å²) in [5.74, 6) is -13.6. The van der Waals surface area contributed by atoms with Crippen LogP contribution in [0.2, 0.25) is 0 Å². The molecule has 1 aromatic heterocycles. The van der Waals surface area contributed by atoms with E-state index in [9.17, 15) is 53.7 Å². The third-order valence-electron chi connectivity index (χ3n) is 15.1. The molecule has 26 heteroatoms. The summed E-state index contributed by atoms with van der Waals surface area (Å²) in [6.45, 7) is 7.52. The first-order valence-electron chi connectivity index (χ1n) is 27.0. The minimum atomic E-state index is -2.35. The molecule has 1 saturated heterocycles. The van der Waals surface area contributed by atoms with Gasteiger partial charge in [0.25, 0.3) is 0 Å². The summed E-state index contributed by atoms with van der Waals surface area (Å²) >= 11 is 0. The van der Waals surface area contributed by atoms with Crippen molar-refractivity contribution in [2.45, 2.75) is 165 Å². The number of amides is 7. The number of rotatable bonds is 14. The molecule has 0 aliphatic carbocycles. The maximum absolute atomic E-state index is 16.1. The largest absolute Gasteiger partial charge is 0.465 e. The average molecular weight is 1130 g/mol. The van der Waals surface area contributed by atoms with Gasteiger partial charge in [0.1, 0.15) is 22.4 Å². The van der Waals surface area contributed by atoms with Crippen molar-refractivity contribution in [1.82, 2.24) is 41.8 Å². The smallest absolute Gasteiger partial charge is 0.407 e. The minimum absolute atomic E-state index is 0.0112. The number of hydrogen-bond donors (Lipinski definition) is 11. The molecule has 2 aromatic rings. The Morgan fingerprint density at radius 2 is 1.59 bits per heavy atom. The van der Waals surface area contributed by atoms with Gasteiger partial charge in [0.2, 0.25) is 41.2 Å². The van der Waals surface area contributed by atoms with E-state index in [-0.39, 0.29) is 54.1 Å². The lowest BCUT2D eigenvalue weighted by atomic mass is 9.82. The number of nitrogens with one attached hydrogen (secondary N) is 7. The molecule has 4 aliphatic rings. The van der Waals surface area contributed by atoms with Crippen molar-refractivity contribution in [3.05, 3.63) is 23.8 Å². The number of aliphatic hydroxyl groups is 3. The number of nitrogens with zero attached hydrogens (tertiary/aromatic N) is 1. The molecule has 8 bridgehead atoms. The van der Waals surface area contributed by atoms with E-state index in [0.717, 1.165) is 0 Å². The molecule has 0 radical (unpaired) electrons. The number of aromatic nitrogens is 1. The third kappa shape index (κ3) is 15.5. The van der Waals surface area contributed by atoms with Crippen LogP contribution in [0.1, 0.15) is 111 Å². The van der Waals surface area contributed by atoms with Gasteiger partial charge in [-0.15, -0.1) is 0 Å². The van der Waals surface area contributed by atoms with Gasteiger partial charge >= 0.3 is 6.09 Å². The second-order valence-corrected chi connectivity index (χ2v) is 23.7. The number of ketones is 3. The van der Waals surface area contributed by atoms with Crippen molar-refractivity contribution < 1.29 is 76.9 Å². The van der Waals surface area contributed by atoms with Crippen molar-refractivity contribution in [2.24, 2.45) is 29.4 Å². The lowest BCUT2D eigenvalue weighted by Gasteiger charge is -2.45. The first-order chi connectivity index (χ1) is 37.2. The Bertz CT molecular complexity index is 2680. The van der Waals surface area contributed by atoms with E-state index in [4.69, 9.17) is 15.2 Å². The number of carbonyl (C=O) groups is 10. The van der Waals surface area contributed by atoms with Crippen LogP contribution in [-0.4, -0.2) is 175 Å². The van der Waals surface area contributed by atoms with Gasteiger partial charge in [-0.1, -0.05) is 40.0 Å². The molecular weight excluding hydrogens is 1050 g/mol. The number of benzene rings is 1. The molecule has 1 aromatic carbocycles. The van der Waals surface area contributed by atoms with Crippen molar-refractivity contribution in [2.75, 3.05) is 38.5 Å². The highest BCUT2D eigenvalue weighted by molar-refractivity contribution is 7.85. The molecule has 7 amide bonds. The molecule has 0 spiro atoms. The zero-order valence-corrected chi connectivity index (χ0v) is 46.4. The molecule has 12 atom stereocenters. The Morgan fingerprint density at radius 1 is 0.911 bits per heavy atom. The monoisotopic (exact) mass is 1130 g/mol. The van der Waals surface area contributed by atoms with Crippen molar-refractivity contribution >= 4 is 80.6 Å². The minimum Gasteiger partial charge on any atom is -0.465 e. The van der Waals surface area contributed by atoms with Gasteiger partial charge in [0.15, 0.2) is 17.3 Å². The Labute approximate surface area is 460 Å². The van der Waals surface area contributed by atoms with E-state index in [2.05, 4.69) is 36.9 Å². The Morgan fingerprint density at radius 3 is 2.27 bits per heavy atom. The number of ether oxygens (including phenoxy) is 2. The van der Waals surface area contributed by atoms with E-state index in [0.29, 0.717) is 31.1 Å². The molecular formula is C53H77N9O16S. The van der Waals surface area contributed by atoms with Gasteiger partial charge in [0, 0.05) is 68.0 Å². The second kappa shape index (κ2) is 26.7. The summed E-state index contributed by atoms with van der Waals surface area (Å²) in [5.41, 5.74) is 3.18. The fourth-order valence-electron chi connectivity index (χ4n) is 10.7. The van der Waals surface area contributed by atoms with Crippen LogP contribution in [0.5, 0.6) is 5.75 Å². The molecule has 436 valence electrons. The van der Waals surface area contributed by atoms with Gasteiger partial charge in [-0.25, -0.2) is 9.69 Å². The fraction of sp³-hybridized carbons (Fsp3) is 0.660. The van der Waals surface area contributed by atoms with Crippen LogP contribution in [0.25, 0.3) is 10.9 Å². The van der Waals surface area contributed by atoms with Gasteiger partial charge in [-0.3, -0.25) is 47.4 Å². The number of aromatic amines is 1. The number of nitrogens with two attached hydrogens (primary N) is 1. The normalized spacial score (nSPS) is 28.2. The molecule has 25 nitrogen and oxygen atoms in total. The van der Waals surface area contributed by atoms with Crippen molar-refractivity contribution in [3.8, 4) is 5.75 Å². The van der Waals surface area contributed by atoms with Gasteiger partial charge in [-0.2, -0.15) is 0 Å². The lowest BCUT2D eigenvalue weighted by Crippen LogP contribution is -2.65. The molecule has 12 N–H and O–H groups in total. The molecule has 0 saturated carbocycles. The predicted octanol–water partition coefficient (Wildman–Crippen LogP) is -0.838. The highest BCUT2D eigenvalue weighted by atomic mass is 32.2. The topological polar surface area (TPSA) is 384 Å². The van der Waals surface area contributed by atoms with Crippen LogP contribution in [0.4, 0.5) is 4.79 Å². The molecule has 6 rings (SSSR count). The van der Waals surface area contributed by atoms with Gasteiger partial charge < -0.3 is 67.4 Å². The van der Waals surface area contributed by atoms with E-state index >= 15 is 13.8 Å². The van der Waals surface area contributed by atoms with Gasteiger partial charge in [-0.05, 0) is 70.1 Å². The molecule has 5 heterocycles. The number of carbonyl (C=O) groups excluding carboxylic acids is 10. The molecule has 4 aliphatic heterocycles. The fourth-order valence-corrected chi connectivity index (χ4v) is 12.1. The van der Waals surface area contributed by atoms with Crippen LogP contribution in [0.3, 0.4) is 0 Å². The quantitative estimate of drug-likeness (QED) is 0.103. The lowest BCUT2D eigenvalue weighted by molar-refractivity contribution is -0.168. The van der Waals surface area contributed by atoms with E-state index in [1.807, 2.05) is 0 Å². The maximum atomic E-state index is 16.1. The Hall–Kier alpha value is -6.35. The number of primary amides is 1. The van der Waals surface area contributed by atoms with E-state index in [1.54, 1.807) is 40.7 Å². The van der Waals surface area contributed by atoms with Crippen molar-refractivity contribution in [1.29, 1.82) is 0 Å². The summed E-state index contributed by atoms with van der Waals surface area (Å²) in [6.07, 6.45) is -5.03. The number of H-pyrrole nitrogens is 1. The first-order valence-corrected chi connectivity index (χ1v) is 28.3. The van der Waals surface area contributed by atoms with Gasteiger partial charge in [0.05, 0.1) is 72.1 Å². The zero-order chi connectivity index (χ0) is 58.1. The number of alkyl carbamates (subject to hydrolysis) is 1. The third-order valence-corrected chi connectivity index (χ3v) is 16.5. The van der Waals surface area contributed by atoms with Crippen molar-refractivity contribution in [3.63, 3.8) is 0 Å².